The van der Waals surface area contributed by atoms with Gasteiger partial charge in [-0.05, 0) is 100 Å². The Morgan fingerprint density at radius 3 is 2.71 bits per heavy atom. The number of fused-ring (bicyclic) bond motifs is 4. The molecule has 1 aromatic heterocycles. The predicted octanol–water partition coefficient (Wildman–Crippen LogP) is 4.77. The first kappa shape index (κ1) is 22.7. The summed E-state index contributed by atoms with van der Waals surface area (Å²) in [6.07, 6.45) is 5.24. The van der Waals surface area contributed by atoms with Crippen LogP contribution in [0.1, 0.15) is 36.1 Å². The van der Waals surface area contributed by atoms with Gasteiger partial charge in [-0.25, -0.2) is 0 Å². The molecule has 6 rings (SSSR count). The lowest BCUT2D eigenvalue weighted by Crippen LogP contribution is -2.31. The van der Waals surface area contributed by atoms with Gasteiger partial charge in [-0.1, -0.05) is 12.1 Å². The summed E-state index contributed by atoms with van der Waals surface area (Å²) in [5.41, 5.74) is 5.67. The van der Waals surface area contributed by atoms with Crippen LogP contribution in [0.15, 0.2) is 42.5 Å². The van der Waals surface area contributed by atoms with Gasteiger partial charge in [-0.3, -0.25) is 9.78 Å². The average molecular weight is 460 g/mol. The van der Waals surface area contributed by atoms with Gasteiger partial charge < -0.3 is 19.7 Å². The molecule has 0 unspecified atom stereocenters. The first-order chi connectivity index (χ1) is 16.5. The Labute approximate surface area is 201 Å². The van der Waals surface area contributed by atoms with Crippen molar-refractivity contribution in [3.05, 3.63) is 59.3 Å². The minimum absolute atomic E-state index is 0.156. The Bertz CT molecular complexity index is 1180. The summed E-state index contributed by atoms with van der Waals surface area (Å²) in [4.78, 5) is 18.3. The van der Waals surface area contributed by atoms with Crippen LogP contribution in [0, 0.1) is 12.8 Å². The second-order valence-corrected chi connectivity index (χ2v) is 9.60. The third kappa shape index (κ3) is 5.17. The fourth-order valence-corrected chi connectivity index (χ4v) is 4.96. The van der Waals surface area contributed by atoms with Crippen LogP contribution in [0.5, 0.6) is 11.5 Å². The number of hydrogen-bond donors (Lipinski definition) is 1. The number of piperidine rings is 1. The molecule has 2 aromatic carbocycles. The molecule has 3 aromatic rings. The van der Waals surface area contributed by atoms with Crippen molar-refractivity contribution >= 4 is 22.5 Å². The Balaban J connectivity index is 0.000000145. The van der Waals surface area contributed by atoms with Gasteiger partial charge in [-0.2, -0.15) is 0 Å². The highest BCUT2D eigenvalue weighted by atomic mass is 16.6. The van der Waals surface area contributed by atoms with Crippen LogP contribution in [-0.4, -0.2) is 49.1 Å². The van der Waals surface area contributed by atoms with E-state index in [1.165, 1.54) is 37.1 Å². The van der Waals surface area contributed by atoms with E-state index in [0.29, 0.717) is 19.6 Å². The molecule has 34 heavy (non-hydrogen) atoms. The van der Waals surface area contributed by atoms with E-state index in [9.17, 15) is 4.79 Å². The van der Waals surface area contributed by atoms with Crippen LogP contribution < -0.4 is 14.8 Å². The second kappa shape index (κ2) is 10.0. The number of aromatic nitrogens is 1. The molecule has 0 aliphatic carbocycles. The molecule has 1 N–H and O–H groups in total. The van der Waals surface area contributed by atoms with Gasteiger partial charge in [-0.15, -0.1) is 0 Å². The van der Waals surface area contributed by atoms with Crippen molar-refractivity contribution in [3.8, 4) is 11.5 Å². The number of benzene rings is 2. The smallest absolute Gasteiger partial charge is 0.224 e. The number of hydrogen-bond acceptors (Lipinski definition) is 5. The summed E-state index contributed by atoms with van der Waals surface area (Å²) in [6.45, 7) is 5.65. The number of rotatable bonds is 2. The number of pyridine rings is 1. The Morgan fingerprint density at radius 1 is 1.03 bits per heavy atom. The molecular formula is C28H33N3O3. The molecule has 1 amide bonds. The number of aryl methyl sites for hydroxylation is 2. The maximum Gasteiger partial charge on any atom is 0.224 e. The molecule has 0 spiro atoms. The number of likely N-dealkylation sites (tertiary alicyclic amines) is 1. The van der Waals surface area contributed by atoms with Crippen LogP contribution in [-0.2, 0) is 17.6 Å². The number of nitrogens with zero attached hydrogens (tertiary/aromatic N) is 2. The zero-order valence-corrected chi connectivity index (χ0v) is 20.1. The number of anilines is 1. The lowest BCUT2D eigenvalue weighted by molar-refractivity contribution is -0.116. The normalized spacial score (nSPS) is 18.0. The number of carbonyl (C=O) groups excluding carboxylic acids is 1. The maximum atomic E-state index is 11.4. The van der Waals surface area contributed by atoms with Gasteiger partial charge in [0.1, 0.15) is 13.2 Å². The zero-order chi connectivity index (χ0) is 23.5. The van der Waals surface area contributed by atoms with E-state index in [-0.39, 0.29) is 5.91 Å². The summed E-state index contributed by atoms with van der Waals surface area (Å²) in [6, 6.07) is 14.5. The molecule has 4 heterocycles. The topological polar surface area (TPSA) is 63.7 Å². The van der Waals surface area contributed by atoms with Crippen molar-refractivity contribution in [2.24, 2.45) is 5.92 Å². The SMILES string of the molecule is CN1CCC(Cc2ccc3c(c2)NC(=O)CC3)CC1.Cc1ccc2c3c(ccc2n1)OCCO3. The van der Waals surface area contributed by atoms with E-state index in [1.807, 2.05) is 31.2 Å². The molecule has 0 bridgehead atoms. The van der Waals surface area contributed by atoms with Crippen LogP contribution in [0.2, 0.25) is 0 Å². The second-order valence-electron chi connectivity index (χ2n) is 9.60. The van der Waals surface area contributed by atoms with Gasteiger partial charge in [0.15, 0.2) is 11.5 Å². The van der Waals surface area contributed by atoms with E-state index in [1.54, 1.807) is 0 Å². The highest BCUT2D eigenvalue weighted by Crippen LogP contribution is 2.36. The summed E-state index contributed by atoms with van der Waals surface area (Å²) in [5.74, 6) is 2.60. The third-order valence-corrected chi connectivity index (χ3v) is 6.94. The van der Waals surface area contributed by atoms with Crippen LogP contribution >= 0.6 is 0 Å². The van der Waals surface area contributed by atoms with Crippen molar-refractivity contribution in [1.82, 2.24) is 9.88 Å². The minimum Gasteiger partial charge on any atom is -0.486 e. The molecule has 3 aliphatic heterocycles. The maximum absolute atomic E-state index is 11.4. The zero-order valence-electron chi connectivity index (χ0n) is 20.1. The first-order valence-corrected chi connectivity index (χ1v) is 12.3. The Morgan fingerprint density at radius 2 is 1.85 bits per heavy atom. The molecule has 1 saturated heterocycles. The lowest BCUT2D eigenvalue weighted by Gasteiger charge is -2.29. The fourth-order valence-electron chi connectivity index (χ4n) is 4.96. The minimum atomic E-state index is 0.156. The summed E-state index contributed by atoms with van der Waals surface area (Å²) < 4.78 is 11.1. The molecule has 1 fully saturated rings. The summed E-state index contributed by atoms with van der Waals surface area (Å²) >= 11 is 0. The molecule has 178 valence electrons. The first-order valence-electron chi connectivity index (χ1n) is 12.3. The largest absolute Gasteiger partial charge is 0.486 e. The van der Waals surface area contributed by atoms with Gasteiger partial charge in [0.05, 0.1) is 5.52 Å². The number of amides is 1. The monoisotopic (exact) mass is 459 g/mol. The fraction of sp³-hybridized carbons (Fsp3) is 0.429. The number of carbonyl (C=O) groups is 1. The van der Waals surface area contributed by atoms with Gasteiger partial charge in [0.25, 0.3) is 0 Å². The quantitative estimate of drug-likeness (QED) is 0.598. The van der Waals surface area contributed by atoms with Crippen molar-refractivity contribution in [2.45, 2.75) is 39.0 Å². The van der Waals surface area contributed by atoms with Crippen molar-refractivity contribution in [3.63, 3.8) is 0 Å². The van der Waals surface area contributed by atoms with E-state index >= 15 is 0 Å². The third-order valence-electron chi connectivity index (χ3n) is 6.94. The van der Waals surface area contributed by atoms with Crippen LogP contribution in [0.25, 0.3) is 10.9 Å². The average Bonchev–Trinajstić information content (AvgIpc) is 2.85. The number of ether oxygens (including phenoxy) is 2. The standard InChI is InChI=1S/C16H22N2O.C12H11NO2/c1-18-8-6-12(7-9-18)10-13-2-3-14-4-5-16(19)17-15(14)11-13;1-8-2-3-9-10(13-8)4-5-11-12(9)15-7-6-14-11/h2-3,11-12H,4-10H2,1H3,(H,17,19);2-5H,6-7H2,1H3. The van der Waals surface area contributed by atoms with Crippen molar-refractivity contribution in [2.75, 3.05) is 38.7 Å². The van der Waals surface area contributed by atoms with E-state index in [4.69, 9.17) is 9.47 Å². The molecule has 3 aliphatic rings. The van der Waals surface area contributed by atoms with Gasteiger partial charge in [0, 0.05) is 23.2 Å². The predicted molar refractivity (Wildman–Crippen MR) is 135 cm³/mol. The van der Waals surface area contributed by atoms with Crippen LogP contribution in [0.4, 0.5) is 5.69 Å². The van der Waals surface area contributed by atoms with E-state index < -0.39 is 0 Å². The lowest BCUT2D eigenvalue weighted by atomic mass is 9.89. The molecular weight excluding hydrogens is 426 g/mol. The van der Waals surface area contributed by atoms with Crippen molar-refractivity contribution < 1.29 is 14.3 Å². The Kier molecular flexibility index (Phi) is 6.68. The summed E-state index contributed by atoms with van der Waals surface area (Å²) in [5, 5.41) is 4.02. The molecule has 0 saturated carbocycles. The molecule has 0 radical (unpaired) electrons. The molecule has 6 heteroatoms. The van der Waals surface area contributed by atoms with Gasteiger partial charge in [0.2, 0.25) is 5.91 Å². The molecule has 6 nitrogen and oxygen atoms in total. The van der Waals surface area contributed by atoms with E-state index in [0.717, 1.165) is 52.5 Å². The van der Waals surface area contributed by atoms with Gasteiger partial charge >= 0.3 is 0 Å². The Hall–Kier alpha value is -3.12. The van der Waals surface area contributed by atoms with Crippen LogP contribution in [0.3, 0.4) is 0 Å². The van der Waals surface area contributed by atoms with Crippen molar-refractivity contribution in [1.29, 1.82) is 0 Å². The highest BCUT2D eigenvalue weighted by Gasteiger charge is 2.19. The molecule has 0 atom stereocenters. The summed E-state index contributed by atoms with van der Waals surface area (Å²) in [7, 11) is 2.20. The highest BCUT2D eigenvalue weighted by molar-refractivity contribution is 5.94. The van der Waals surface area contributed by atoms with E-state index in [2.05, 4.69) is 40.4 Å². The number of nitrogens with one attached hydrogen (secondary N) is 1.